The van der Waals surface area contributed by atoms with Gasteiger partial charge in [-0.2, -0.15) is 0 Å². The van der Waals surface area contributed by atoms with Crippen molar-refractivity contribution in [3.63, 3.8) is 0 Å². The van der Waals surface area contributed by atoms with Crippen LogP contribution in [0.15, 0.2) is 41.4 Å². The summed E-state index contributed by atoms with van der Waals surface area (Å²) in [4.78, 5) is 7.13. The Hall–Kier alpha value is -1.07. The fourth-order valence-corrected chi connectivity index (χ4v) is 4.50. The molecule has 0 N–H and O–H groups in total. The van der Waals surface area contributed by atoms with Crippen LogP contribution in [0.1, 0.15) is 57.6 Å². The Morgan fingerprint density at radius 1 is 1.27 bits per heavy atom. The minimum Gasteiger partial charge on any atom is -0.366 e. The number of benzene rings is 2. The number of nitrogens with zero attached hydrogens (tertiary/aromatic N) is 2. The highest BCUT2D eigenvalue weighted by atomic mass is 127. The van der Waals surface area contributed by atoms with E-state index in [1.165, 1.54) is 14.8 Å². The Labute approximate surface area is 175 Å². The van der Waals surface area contributed by atoms with Gasteiger partial charge in [-0.15, -0.1) is 0 Å². The normalized spacial score (nSPS) is 19.0. The van der Waals surface area contributed by atoms with Gasteiger partial charge in [0, 0.05) is 33.1 Å². The van der Waals surface area contributed by atoms with Crippen LogP contribution in [0.2, 0.25) is 5.02 Å². The van der Waals surface area contributed by atoms with Crippen molar-refractivity contribution in [3.8, 4) is 0 Å². The molecular weight excluding hydrogens is 455 g/mol. The first-order valence-corrected chi connectivity index (χ1v) is 10.7. The number of hydrogen-bond acceptors (Lipinski definition) is 2. The van der Waals surface area contributed by atoms with Gasteiger partial charge in [-0.05, 0) is 97.2 Å². The van der Waals surface area contributed by atoms with Gasteiger partial charge in [0.05, 0.1) is 10.7 Å². The Morgan fingerprint density at radius 3 is 2.62 bits per heavy atom. The molecule has 138 valence electrons. The Balaban J connectivity index is 1.98. The molecule has 4 heteroatoms. The second kappa shape index (κ2) is 7.89. The van der Waals surface area contributed by atoms with Crippen molar-refractivity contribution in [1.82, 2.24) is 0 Å². The molecule has 0 aliphatic carbocycles. The summed E-state index contributed by atoms with van der Waals surface area (Å²) in [6.07, 6.45) is 4.17. The number of hydrogen-bond donors (Lipinski definition) is 0. The summed E-state index contributed by atoms with van der Waals surface area (Å²) < 4.78 is 1.21. The molecule has 0 amide bonds. The third-order valence-electron chi connectivity index (χ3n) is 5.13. The van der Waals surface area contributed by atoms with Gasteiger partial charge in [-0.25, -0.2) is 0 Å². The topological polar surface area (TPSA) is 15.6 Å². The maximum Gasteiger partial charge on any atom is 0.0630 e. The molecule has 0 fully saturated rings. The molecule has 2 aromatic rings. The molecule has 0 aromatic heterocycles. The predicted octanol–water partition coefficient (Wildman–Crippen LogP) is 7.20. The number of rotatable bonds is 4. The van der Waals surface area contributed by atoms with Crippen molar-refractivity contribution >= 4 is 51.8 Å². The van der Waals surface area contributed by atoms with E-state index < -0.39 is 0 Å². The van der Waals surface area contributed by atoms with E-state index in [4.69, 9.17) is 11.6 Å². The highest BCUT2D eigenvalue weighted by Gasteiger charge is 2.36. The zero-order valence-electron chi connectivity index (χ0n) is 15.9. The summed E-state index contributed by atoms with van der Waals surface area (Å²) >= 11 is 8.94. The fraction of sp³-hybridized carbons (Fsp3) is 0.409. The molecule has 0 bridgehead atoms. The van der Waals surface area contributed by atoms with Crippen molar-refractivity contribution in [2.75, 3.05) is 11.4 Å². The fourth-order valence-electron chi connectivity index (χ4n) is 3.94. The predicted molar refractivity (Wildman–Crippen MR) is 123 cm³/mol. The molecule has 1 unspecified atom stereocenters. The van der Waals surface area contributed by atoms with Crippen LogP contribution in [0.5, 0.6) is 0 Å². The van der Waals surface area contributed by atoms with Gasteiger partial charge in [0.1, 0.15) is 0 Å². The summed E-state index contributed by atoms with van der Waals surface area (Å²) in [6.45, 7) is 10.3. The van der Waals surface area contributed by atoms with Crippen LogP contribution in [-0.4, -0.2) is 18.3 Å². The summed E-state index contributed by atoms with van der Waals surface area (Å²) in [7, 11) is 0. The van der Waals surface area contributed by atoms with Gasteiger partial charge in [-0.3, -0.25) is 4.99 Å². The van der Waals surface area contributed by atoms with Crippen molar-refractivity contribution < 1.29 is 0 Å². The quantitative estimate of drug-likeness (QED) is 0.334. The molecule has 1 heterocycles. The van der Waals surface area contributed by atoms with Gasteiger partial charge in [0.25, 0.3) is 0 Å². The van der Waals surface area contributed by atoms with Crippen molar-refractivity contribution in [3.05, 3.63) is 56.1 Å². The highest BCUT2D eigenvalue weighted by Crippen LogP contribution is 2.45. The molecule has 0 saturated heterocycles. The first-order chi connectivity index (χ1) is 12.3. The Bertz CT molecular complexity index is 812. The largest absolute Gasteiger partial charge is 0.366 e. The second-order valence-electron chi connectivity index (χ2n) is 7.74. The molecule has 2 nitrogen and oxygen atoms in total. The Kier molecular flexibility index (Phi) is 5.97. The third-order valence-corrected chi connectivity index (χ3v) is 6.18. The van der Waals surface area contributed by atoms with Crippen molar-refractivity contribution in [2.45, 2.75) is 52.0 Å². The lowest BCUT2D eigenvalue weighted by Crippen LogP contribution is -2.48. The molecule has 1 atom stereocenters. The molecule has 0 radical (unpaired) electrons. The third kappa shape index (κ3) is 4.09. The van der Waals surface area contributed by atoms with E-state index >= 15 is 0 Å². The zero-order chi connectivity index (χ0) is 18.9. The van der Waals surface area contributed by atoms with Crippen molar-refractivity contribution in [2.24, 2.45) is 4.99 Å². The number of anilines is 1. The van der Waals surface area contributed by atoms with E-state index in [-0.39, 0.29) is 5.54 Å². The number of halogens is 2. The van der Waals surface area contributed by atoms with E-state index in [0.29, 0.717) is 5.92 Å². The van der Waals surface area contributed by atoms with Crippen LogP contribution >= 0.6 is 34.2 Å². The van der Waals surface area contributed by atoms with Crippen LogP contribution in [0, 0.1) is 3.57 Å². The second-order valence-corrected chi connectivity index (χ2v) is 9.39. The molecule has 1 aliphatic rings. The molecule has 3 rings (SSSR count). The van der Waals surface area contributed by atoms with Crippen LogP contribution in [-0.2, 0) is 0 Å². The number of fused-ring (bicyclic) bond motifs is 1. The minimum atomic E-state index is 0.155. The van der Waals surface area contributed by atoms with Gasteiger partial charge < -0.3 is 4.90 Å². The molecule has 0 saturated carbocycles. The molecular formula is C22H26ClIN2. The SMILES string of the molecule is CCCN1c2cc(Cl)c(C=Nc3ccc(I)cc3)cc2C(C)CC1(C)C. The van der Waals surface area contributed by atoms with Crippen LogP contribution in [0.4, 0.5) is 11.4 Å². The van der Waals surface area contributed by atoms with Crippen LogP contribution < -0.4 is 4.90 Å². The molecule has 2 aromatic carbocycles. The van der Waals surface area contributed by atoms with E-state index in [1.54, 1.807) is 0 Å². The van der Waals surface area contributed by atoms with E-state index in [9.17, 15) is 0 Å². The first kappa shape index (κ1) is 19.7. The van der Waals surface area contributed by atoms with Gasteiger partial charge in [0.15, 0.2) is 0 Å². The monoisotopic (exact) mass is 480 g/mol. The van der Waals surface area contributed by atoms with E-state index in [1.807, 2.05) is 18.3 Å². The Morgan fingerprint density at radius 2 is 1.96 bits per heavy atom. The van der Waals surface area contributed by atoms with Gasteiger partial charge in [-0.1, -0.05) is 25.4 Å². The molecule has 26 heavy (non-hydrogen) atoms. The lowest BCUT2D eigenvalue weighted by Gasteiger charge is -2.47. The summed E-state index contributed by atoms with van der Waals surface area (Å²) in [5.41, 5.74) is 4.76. The molecule has 1 aliphatic heterocycles. The standard InChI is InChI=1S/C22H26ClIN2/c1-5-10-26-21-12-20(23)16(11-19(21)15(2)13-22(26,3)4)14-25-18-8-6-17(24)7-9-18/h6-9,11-12,14-15H,5,10,13H2,1-4H3. The lowest BCUT2D eigenvalue weighted by molar-refractivity contribution is 0.376. The average Bonchev–Trinajstić information content (AvgIpc) is 2.58. The van der Waals surface area contributed by atoms with Crippen molar-refractivity contribution in [1.29, 1.82) is 0 Å². The smallest absolute Gasteiger partial charge is 0.0630 e. The summed E-state index contributed by atoms with van der Waals surface area (Å²) in [6, 6.07) is 12.6. The summed E-state index contributed by atoms with van der Waals surface area (Å²) in [5.74, 6) is 0.510. The lowest BCUT2D eigenvalue weighted by atomic mass is 9.79. The number of aliphatic imine (C=N–C) groups is 1. The maximum absolute atomic E-state index is 6.64. The van der Waals surface area contributed by atoms with E-state index in [2.05, 4.69) is 84.4 Å². The van der Waals surface area contributed by atoms with Crippen LogP contribution in [0.25, 0.3) is 0 Å². The summed E-state index contributed by atoms with van der Waals surface area (Å²) in [5, 5.41) is 0.768. The molecule has 0 spiro atoms. The van der Waals surface area contributed by atoms with Gasteiger partial charge in [0.2, 0.25) is 0 Å². The van der Waals surface area contributed by atoms with Gasteiger partial charge >= 0.3 is 0 Å². The minimum absolute atomic E-state index is 0.155. The zero-order valence-corrected chi connectivity index (χ0v) is 18.8. The van der Waals surface area contributed by atoms with E-state index in [0.717, 1.165) is 35.7 Å². The first-order valence-electron chi connectivity index (χ1n) is 9.22. The maximum atomic E-state index is 6.64. The highest BCUT2D eigenvalue weighted by molar-refractivity contribution is 14.1. The van der Waals surface area contributed by atoms with Crippen LogP contribution in [0.3, 0.4) is 0 Å². The average molecular weight is 481 g/mol.